The van der Waals surface area contributed by atoms with Crippen LogP contribution in [0.3, 0.4) is 0 Å². The first-order valence-electron chi connectivity index (χ1n) is 7.34. The fraction of sp³-hybridized carbons (Fsp3) is 0.467. The van der Waals surface area contributed by atoms with E-state index in [9.17, 15) is 19.7 Å². The number of hydrogen-bond donors (Lipinski definition) is 1. The normalized spacial score (nSPS) is 10.2. The molecule has 1 amide bonds. The molecular weight excluding hydrogens is 336 g/mol. The van der Waals surface area contributed by atoms with Crippen molar-refractivity contribution in [3.05, 3.63) is 27.8 Å². The molecule has 0 unspecified atom stereocenters. The predicted octanol–water partition coefficient (Wildman–Crippen LogP) is 1.18. The topological polar surface area (TPSA) is 128 Å². The van der Waals surface area contributed by atoms with Crippen LogP contribution < -0.4 is 9.47 Å². The van der Waals surface area contributed by atoms with Crippen LogP contribution in [-0.4, -0.2) is 67.3 Å². The van der Waals surface area contributed by atoms with Crippen molar-refractivity contribution >= 4 is 17.6 Å². The third-order valence-corrected chi connectivity index (χ3v) is 3.25. The lowest BCUT2D eigenvalue weighted by Crippen LogP contribution is -2.35. The number of carbonyl (C=O) groups excluding carboxylic acids is 1. The molecule has 0 atom stereocenters. The lowest BCUT2D eigenvalue weighted by atomic mass is 10.1. The van der Waals surface area contributed by atoms with Gasteiger partial charge in [-0.25, -0.2) is 0 Å². The van der Waals surface area contributed by atoms with Gasteiger partial charge < -0.3 is 24.2 Å². The highest BCUT2D eigenvalue weighted by atomic mass is 16.6. The highest BCUT2D eigenvalue weighted by molar-refractivity contribution is 6.00. The number of nitro groups is 1. The summed E-state index contributed by atoms with van der Waals surface area (Å²) in [4.78, 5) is 35.0. The van der Waals surface area contributed by atoms with Gasteiger partial charge in [-0.05, 0) is 6.92 Å². The number of likely N-dealkylation sites (N-methyl/N-ethyl adjacent to an activating group) is 1. The van der Waals surface area contributed by atoms with E-state index in [0.717, 1.165) is 11.0 Å². The number of aliphatic carboxylic acids is 1. The van der Waals surface area contributed by atoms with Crippen LogP contribution in [0.4, 0.5) is 5.69 Å². The van der Waals surface area contributed by atoms with E-state index in [1.165, 1.54) is 20.3 Å². The molecule has 0 saturated carbocycles. The maximum Gasteiger partial charge on any atom is 0.323 e. The fourth-order valence-electron chi connectivity index (χ4n) is 2.04. The average Bonchev–Trinajstić information content (AvgIpc) is 2.58. The highest BCUT2D eigenvalue weighted by Crippen LogP contribution is 2.35. The van der Waals surface area contributed by atoms with E-state index in [2.05, 4.69) is 0 Å². The molecule has 10 heteroatoms. The monoisotopic (exact) mass is 356 g/mol. The Bertz CT molecular complexity index is 647. The zero-order valence-electron chi connectivity index (χ0n) is 14.2. The molecule has 0 radical (unpaired) electrons. The number of carboxylic acid groups (broad SMARTS) is 1. The van der Waals surface area contributed by atoms with Crippen molar-refractivity contribution in [1.29, 1.82) is 0 Å². The Morgan fingerprint density at radius 3 is 2.40 bits per heavy atom. The van der Waals surface area contributed by atoms with Gasteiger partial charge in [-0.3, -0.25) is 19.7 Å². The summed E-state index contributed by atoms with van der Waals surface area (Å²) in [6, 6.07) is 2.25. The van der Waals surface area contributed by atoms with Gasteiger partial charge in [-0.2, -0.15) is 0 Å². The molecule has 0 heterocycles. The van der Waals surface area contributed by atoms with Crippen LogP contribution >= 0.6 is 0 Å². The Kier molecular flexibility index (Phi) is 7.60. The lowest BCUT2D eigenvalue weighted by Gasteiger charge is -2.19. The highest BCUT2D eigenvalue weighted by Gasteiger charge is 2.28. The molecule has 25 heavy (non-hydrogen) atoms. The van der Waals surface area contributed by atoms with Crippen LogP contribution in [0, 0.1) is 10.1 Å². The summed E-state index contributed by atoms with van der Waals surface area (Å²) < 4.78 is 15.3. The quantitative estimate of drug-likeness (QED) is 0.376. The van der Waals surface area contributed by atoms with Gasteiger partial charge in [0.05, 0.1) is 24.7 Å². The number of nitro benzene ring substituents is 1. The summed E-state index contributed by atoms with van der Waals surface area (Å²) in [5.41, 5.74) is -0.772. The minimum absolute atomic E-state index is 0.0801. The maximum atomic E-state index is 12.5. The fourth-order valence-corrected chi connectivity index (χ4v) is 2.04. The third kappa shape index (κ3) is 5.31. The number of ether oxygens (including phenoxy) is 3. The molecule has 138 valence electrons. The number of methoxy groups -OCH3 is 2. The smallest absolute Gasteiger partial charge is 0.323 e. The Labute approximate surface area is 144 Å². The van der Waals surface area contributed by atoms with Crippen LogP contribution in [0.5, 0.6) is 11.5 Å². The zero-order valence-corrected chi connectivity index (χ0v) is 14.2. The molecule has 0 aliphatic carbocycles. The second-order valence-corrected chi connectivity index (χ2v) is 4.83. The summed E-state index contributed by atoms with van der Waals surface area (Å²) in [5.74, 6) is -1.79. The number of hydrogen-bond acceptors (Lipinski definition) is 7. The average molecular weight is 356 g/mol. The van der Waals surface area contributed by atoms with E-state index in [1.807, 2.05) is 0 Å². The van der Waals surface area contributed by atoms with Gasteiger partial charge >= 0.3 is 5.97 Å². The number of amides is 1. The second kappa shape index (κ2) is 9.42. The van der Waals surface area contributed by atoms with Gasteiger partial charge in [0.25, 0.3) is 11.6 Å². The van der Waals surface area contributed by atoms with Gasteiger partial charge in [0.2, 0.25) is 0 Å². The van der Waals surface area contributed by atoms with E-state index >= 15 is 0 Å². The maximum absolute atomic E-state index is 12.5. The van der Waals surface area contributed by atoms with Crippen molar-refractivity contribution in [2.75, 3.05) is 40.5 Å². The number of carboxylic acids is 1. The van der Waals surface area contributed by atoms with Crippen molar-refractivity contribution < 1.29 is 33.8 Å². The number of carbonyl (C=O) groups is 2. The molecule has 0 saturated heterocycles. The van der Waals surface area contributed by atoms with Crippen LogP contribution in [0.1, 0.15) is 17.3 Å². The first-order valence-corrected chi connectivity index (χ1v) is 7.34. The first kappa shape index (κ1) is 20.2. The Hall–Kier alpha value is -2.88. The molecule has 1 rings (SSSR count). The van der Waals surface area contributed by atoms with Crippen LogP contribution in [0.2, 0.25) is 0 Å². The first-order chi connectivity index (χ1) is 11.8. The van der Waals surface area contributed by atoms with Crippen molar-refractivity contribution in [3.8, 4) is 11.5 Å². The molecular formula is C15H20N2O8. The summed E-state index contributed by atoms with van der Waals surface area (Å²) in [6.45, 7) is 1.49. The molecule has 1 aromatic rings. The van der Waals surface area contributed by atoms with Gasteiger partial charge in [-0.15, -0.1) is 0 Å². The Morgan fingerprint density at radius 2 is 1.92 bits per heavy atom. The Morgan fingerprint density at radius 1 is 1.24 bits per heavy atom. The largest absolute Gasteiger partial charge is 0.493 e. The minimum atomic E-state index is -1.22. The molecule has 0 aliphatic rings. The number of nitrogens with zero attached hydrogens (tertiary/aromatic N) is 2. The van der Waals surface area contributed by atoms with Crippen molar-refractivity contribution in [3.63, 3.8) is 0 Å². The molecule has 10 nitrogen and oxygen atoms in total. The number of rotatable bonds is 10. The minimum Gasteiger partial charge on any atom is -0.493 e. The van der Waals surface area contributed by atoms with Crippen molar-refractivity contribution in [2.45, 2.75) is 6.92 Å². The van der Waals surface area contributed by atoms with Crippen LogP contribution in [0.25, 0.3) is 0 Å². The van der Waals surface area contributed by atoms with E-state index in [4.69, 9.17) is 19.3 Å². The van der Waals surface area contributed by atoms with Crippen molar-refractivity contribution in [2.24, 2.45) is 0 Å². The van der Waals surface area contributed by atoms with Gasteiger partial charge in [0.15, 0.2) is 11.5 Å². The Balaban J connectivity index is 3.31. The second-order valence-electron chi connectivity index (χ2n) is 4.83. The van der Waals surface area contributed by atoms with Gasteiger partial charge in [0.1, 0.15) is 18.7 Å². The molecule has 1 N–H and O–H groups in total. The predicted molar refractivity (Wildman–Crippen MR) is 86.2 cm³/mol. The molecule has 0 spiro atoms. The van der Waals surface area contributed by atoms with Crippen LogP contribution in [-0.2, 0) is 9.53 Å². The van der Waals surface area contributed by atoms with Crippen molar-refractivity contribution in [1.82, 2.24) is 4.90 Å². The summed E-state index contributed by atoms with van der Waals surface area (Å²) in [6.07, 6.45) is 0. The van der Waals surface area contributed by atoms with Gasteiger partial charge in [0, 0.05) is 19.7 Å². The lowest BCUT2D eigenvalue weighted by molar-refractivity contribution is -0.385. The van der Waals surface area contributed by atoms with E-state index < -0.39 is 29.0 Å². The van der Waals surface area contributed by atoms with E-state index in [1.54, 1.807) is 6.92 Å². The molecule has 0 aromatic heterocycles. The molecule has 0 aliphatic heterocycles. The zero-order chi connectivity index (χ0) is 19.0. The summed E-state index contributed by atoms with van der Waals surface area (Å²) in [5, 5.41) is 20.2. The number of benzene rings is 1. The SMILES string of the molecule is CCN(CC(=O)O)C(=O)c1cc(OC)c(OCCOC)cc1[N+](=O)[O-]. The summed E-state index contributed by atoms with van der Waals surface area (Å²) in [7, 11) is 2.81. The van der Waals surface area contributed by atoms with E-state index in [-0.39, 0.29) is 36.8 Å². The summed E-state index contributed by atoms with van der Waals surface area (Å²) >= 11 is 0. The van der Waals surface area contributed by atoms with Gasteiger partial charge in [-0.1, -0.05) is 0 Å². The van der Waals surface area contributed by atoms with Crippen LogP contribution in [0.15, 0.2) is 12.1 Å². The standard InChI is InChI=1S/C15H20N2O8/c1-4-16(9-14(18)19)15(20)10-7-12(24-3)13(25-6-5-23-2)8-11(10)17(21)22/h7-8H,4-6,9H2,1-3H3,(H,18,19). The third-order valence-electron chi connectivity index (χ3n) is 3.25. The molecule has 0 fully saturated rings. The molecule has 0 bridgehead atoms. The van der Waals surface area contributed by atoms with E-state index in [0.29, 0.717) is 0 Å². The molecule has 1 aromatic carbocycles.